The highest BCUT2D eigenvalue weighted by Gasteiger charge is 2.50. The number of hydrogen-bond donors (Lipinski definition) is 0. The molecule has 0 aromatic heterocycles. The summed E-state index contributed by atoms with van der Waals surface area (Å²) in [6, 6.07) is 8.44. The van der Waals surface area contributed by atoms with Gasteiger partial charge in [-0.1, -0.05) is 18.2 Å². The first-order valence-corrected chi connectivity index (χ1v) is 9.78. The third-order valence-electron chi connectivity index (χ3n) is 6.52. The summed E-state index contributed by atoms with van der Waals surface area (Å²) in [4.78, 5) is 5.36. The van der Waals surface area contributed by atoms with Crippen LogP contribution in [0.5, 0.6) is 5.75 Å². The van der Waals surface area contributed by atoms with E-state index in [2.05, 4.69) is 34.1 Å². The first kappa shape index (κ1) is 17.3. The number of methoxy groups -OCH3 is 2. The van der Waals surface area contributed by atoms with Crippen LogP contribution in [0.1, 0.15) is 24.8 Å². The van der Waals surface area contributed by atoms with Gasteiger partial charge in [0.1, 0.15) is 5.75 Å². The molecule has 25 heavy (non-hydrogen) atoms. The van der Waals surface area contributed by atoms with E-state index in [9.17, 15) is 0 Å². The number of nitrogens with zero attached hydrogens (tertiary/aromatic N) is 2. The van der Waals surface area contributed by atoms with E-state index < -0.39 is 0 Å². The molecule has 4 nitrogen and oxygen atoms in total. The van der Waals surface area contributed by atoms with Gasteiger partial charge in [-0.15, -0.1) is 0 Å². The Morgan fingerprint density at radius 3 is 2.68 bits per heavy atom. The number of para-hydroxylation sites is 1. The predicted molar refractivity (Wildman–Crippen MR) is 99.9 cm³/mol. The van der Waals surface area contributed by atoms with E-state index in [4.69, 9.17) is 9.47 Å². The number of rotatable bonds is 7. The van der Waals surface area contributed by atoms with Crippen molar-refractivity contribution in [2.24, 2.45) is 17.3 Å². The standard InChI is InChI=1S/C21H32N2O2/c1-24-14-19-13-23(11-17-7-8-17)16-21(19)9-10-22(15-21)12-18-5-3-4-6-20(18)25-2/h3-6,17,19H,7-16H2,1-2H3/t19-,21+/m1/s1. The van der Waals surface area contributed by atoms with E-state index in [1.54, 1.807) is 7.11 Å². The Labute approximate surface area is 152 Å². The van der Waals surface area contributed by atoms with Gasteiger partial charge in [0, 0.05) is 56.7 Å². The van der Waals surface area contributed by atoms with Crippen LogP contribution in [0, 0.1) is 17.3 Å². The van der Waals surface area contributed by atoms with Crippen molar-refractivity contribution < 1.29 is 9.47 Å². The second kappa shape index (κ2) is 7.26. The molecule has 2 atom stereocenters. The van der Waals surface area contributed by atoms with Gasteiger partial charge in [-0.3, -0.25) is 4.90 Å². The van der Waals surface area contributed by atoms with Crippen LogP contribution in [0.25, 0.3) is 0 Å². The van der Waals surface area contributed by atoms with Crippen molar-refractivity contribution in [2.75, 3.05) is 53.6 Å². The summed E-state index contributed by atoms with van der Waals surface area (Å²) in [5.74, 6) is 2.67. The average molecular weight is 344 g/mol. The number of likely N-dealkylation sites (tertiary alicyclic amines) is 2. The van der Waals surface area contributed by atoms with E-state index in [0.717, 1.165) is 24.8 Å². The molecule has 1 saturated carbocycles. The zero-order chi connectivity index (χ0) is 17.3. The normalized spacial score (nSPS) is 30.4. The summed E-state index contributed by atoms with van der Waals surface area (Å²) in [5.41, 5.74) is 1.73. The van der Waals surface area contributed by atoms with Crippen LogP contribution in [-0.4, -0.2) is 63.4 Å². The van der Waals surface area contributed by atoms with Gasteiger partial charge in [0.15, 0.2) is 0 Å². The number of benzene rings is 1. The van der Waals surface area contributed by atoms with Gasteiger partial charge in [0.2, 0.25) is 0 Å². The first-order chi connectivity index (χ1) is 12.2. The Morgan fingerprint density at radius 1 is 1.12 bits per heavy atom. The minimum Gasteiger partial charge on any atom is -0.496 e. The van der Waals surface area contributed by atoms with Gasteiger partial charge >= 0.3 is 0 Å². The lowest BCUT2D eigenvalue weighted by molar-refractivity contribution is 0.0958. The first-order valence-electron chi connectivity index (χ1n) is 9.78. The SMILES string of the molecule is COC[C@H]1CN(CC2CC2)C[C@@]12CCN(Cc1ccccc1OC)C2. The lowest BCUT2D eigenvalue weighted by Gasteiger charge is -2.30. The molecule has 4 heteroatoms. The molecule has 2 saturated heterocycles. The highest BCUT2D eigenvalue weighted by atomic mass is 16.5. The quantitative estimate of drug-likeness (QED) is 0.759. The fraction of sp³-hybridized carbons (Fsp3) is 0.714. The van der Waals surface area contributed by atoms with Crippen LogP contribution in [0.3, 0.4) is 0 Å². The second-order valence-electron chi connectivity index (χ2n) is 8.42. The van der Waals surface area contributed by atoms with Gasteiger partial charge in [-0.25, -0.2) is 0 Å². The Kier molecular flexibility index (Phi) is 5.03. The van der Waals surface area contributed by atoms with Crippen molar-refractivity contribution in [3.8, 4) is 5.75 Å². The van der Waals surface area contributed by atoms with Crippen LogP contribution in [0.4, 0.5) is 0 Å². The average Bonchev–Trinajstić information content (AvgIpc) is 3.25. The highest BCUT2D eigenvalue weighted by Crippen LogP contribution is 2.45. The lowest BCUT2D eigenvalue weighted by atomic mass is 9.77. The second-order valence-corrected chi connectivity index (χ2v) is 8.42. The van der Waals surface area contributed by atoms with Crippen molar-refractivity contribution in [3.05, 3.63) is 29.8 Å². The van der Waals surface area contributed by atoms with Crippen molar-refractivity contribution >= 4 is 0 Å². The molecule has 2 aliphatic heterocycles. The molecule has 3 fully saturated rings. The van der Waals surface area contributed by atoms with E-state index in [1.807, 2.05) is 7.11 Å². The van der Waals surface area contributed by atoms with Gasteiger partial charge in [0.25, 0.3) is 0 Å². The summed E-state index contributed by atoms with van der Waals surface area (Å²) >= 11 is 0. The summed E-state index contributed by atoms with van der Waals surface area (Å²) < 4.78 is 11.2. The molecule has 138 valence electrons. The molecule has 4 rings (SSSR count). The summed E-state index contributed by atoms with van der Waals surface area (Å²) in [6.45, 7) is 8.09. The number of hydrogen-bond acceptors (Lipinski definition) is 4. The maximum Gasteiger partial charge on any atom is 0.123 e. The predicted octanol–water partition coefficient (Wildman–Crippen LogP) is 2.88. The van der Waals surface area contributed by atoms with E-state index >= 15 is 0 Å². The van der Waals surface area contributed by atoms with Crippen LogP contribution in [0.15, 0.2) is 24.3 Å². The molecule has 1 spiro atoms. The molecule has 1 aromatic carbocycles. The number of ether oxygens (including phenoxy) is 2. The minimum absolute atomic E-state index is 0.424. The zero-order valence-corrected chi connectivity index (χ0v) is 15.7. The molecule has 0 bridgehead atoms. The van der Waals surface area contributed by atoms with E-state index in [-0.39, 0.29) is 0 Å². The van der Waals surface area contributed by atoms with E-state index in [1.165, 1.54) is 57.5 Å². The molecule has 0 radical (unpaired) electrons. The van der Waals surface area contributed by atoms with Crippen molar-refractivity contribution in [1.29, 1.82) is 0 Å². The third-order valence-corrected chi connectivity index (χ3v) is 6.52. The fourth-order valence-corrected chi connectivity index (χ4v) is 5.04. The molecule has 3 aliphatic rings. The van der Waals surface area contributed by atoms with Crippen molar-refractivity contribution in [1.82, 2.24) is 9.80 Å². The Morgan fingerprint density at radius 2 is 1.92 bits per heavy atom. The molecule has 0 unspecified atom stereocenters. The third kappa shape index (κ3) is 3.71. The lowest BCUT2D eigenvalue weighted by Crippen LogP contribution is -2.36. The van der Waals surface area contributed by atoms with Crippen LogP contribution < -0.4 is 4.74 Å². The summed E-state index contributed by atoms with van der Waals surface area (Å²) in [6.07, 6.45) is 4.19. The summed E-state index contributed by atoms with van der Waals surface area (Å²) in [7, 11) is 3.63. The Bertz CT molecular complexity index is 589. The van der Waals surface area contributed by atoms with Crippen molar-refractivity contribution in [2.45, 2.75) is 25.8 Å². The van der Waals surface area contributed by atoms with Gasteiger partial charge in [-0.2, -0.15) is 0 Å². The van der Waals surface area contributed by atoms with Crippen LogP contribution >= 0.6 is 0 Å². The molecular weight excluding hydrogens is 312 g/mol. The Hall–Kier alpha value is -1.10. The van der Waals surface area contributed by atoms with Gasteiger partial charge < -0.3 is 14.4 Å². The maximum absolute atomic E-state index is 5.61. The molecule has 1 aromatic rings. The largest absolute Gasteiger partial charge is 0.496 e. The molecule has 0 N–H and O–H groups in total. The van der Waals surface area contributed by atoms with Crippen LogP contribution in [-0.2, 0) is 11.3 Å². The van der Waals surface area contributed by atoms with E-state index in [0.29, 0.717) is 11.3 Å². The topological polar surface area (TPSA) is 24.9 Å². The maximum atomic E-state index is 5.61. The molecule has 1 aliphatic carbocycles. The minimum atomic E-state index is 0.424. The van der Waals surface area contributed by atoms with Gasteiger partial charge in [0.05, 0.1) is 13.7 Å². The smallest absolute Gasteiger partial charge is 0.123 e. The molecule has 0 amide bonds. The Balaban J connectivity index is 1.43. The summed E-state index contributed by atoms with van der Waals surface area (Å²) in [5, 5.41) is 0. The zero-order valence-electron chi connectivity index (χ0n) is 15.7. The van der Waals surface area contributed by atoms with Gasteiger partial charge in [-0.05, 0) is 37.8 Å². The van der Waals surface area contributed by atoms with Crippen molar-refractivity contribution in [3.63, 3.8) is 0 Å². The van der Waals surface area contributed by atoms with Crippen LogP contribution in [0.2, 0.25) is 0 Å². The highest BCUT2D eigenvalue weighted by molar-refractivity contribution is 5.33. The fourth-order valence-electron chi connectivity index (χ4n) is 5.04. The molecule has 2 heterocycles. The monoisotopic (exact) mass is 344 g/mol. The molecular formula is C21H32N2O2.